The Labute approximate surface area is 196 Å². The van der Waals surface area contributed by atoms with Crippen LogP contribution in [-0.4, -0.2) is 23.6 Å². The molecular formula is C24H24BrN3O2S. The van der Waals surface area contributed by atoms with E-state index in [1.54, 1.807) is 12.1 Å². The molecule has 1 unspecified atom stereocenters. The zero-order valence-electron chi connectivity index (χ0n) is 17.2. The predicted octanol–water partition coefficient (Wildman–Crippen LogP) is 6.21. The van der Waals surface area contributed by atoms with Gasteiger partial charge in [-0.3, -0.25) is 10.1 Å². The highest BCUT2D eigenvalue weighted by molar-refractivity contribution is 9.10. The van der Waals surface area contributed by atoms with Crippen LogP contribution in [0.5, 0.6) is 0 Å². The molecule has 1 amide bonds. The number of nitrogens with one attached hydrogen (secondary N) is 2. The number of thiocarbonyl (C=S) groups is 1. The van der Waals surface area contributed by atoms with Crippen molar-refractivity contribution in [1.29, 1.82) is 0 Å². The van der Waals surface area contributed by atoms with Gasteiger partial charge in [0.15, 0.2) is 10.9 Å². The summed E-state index contributed by atoms with van der Waals surface area (Å²) >= 11 is 8.71. The molecule has 1 fully saturated rings. The van der Waals surface area contributed by atoms with E-state index in [2.05, 4.69) is 50.5 Å². The van der Waals surface area contributed by atoms with Crippen molar-refractivity contribution in [2.45, 2.75) is 32.2 Å². The number of furan rings is 1. The summed E-state index contributed by atoms with van der Waals surface area (Å²) < 4.78 is 6.68. The first-order valence-corrected chi connectivity index (χ1v) is 11.5. The van der Waals surface area contributed by atoms with Crippen LogP contribution >= 0.6 is 28.1 Å². The fraction of sp³-hybridized carbons (Fsp3) is 0.250. The Morgan fingerprint density at radius 2 is 1.81 bits per heavy atom. The molecule has 1 aromatic heterocycles. The number of amides is 1. The smallest absolute Gasteiger partial charge is 0.293 e. The predicted molar refractivity (Wildman–Crippen MR) is 133 cm³/mol. The Morgan fingerprint density at radius 1 is 1.06 bits per heavy atom. The van der Waals surface area contributed by atoms with Crippen molar-refractivity contribution in [2.75, 3.05) is 16.8 Å². The number of carbonyl (C=O) groups is 1. The number of piperidine rings is 1. The highest BCUT2D eigenvalue weighted by Crippen LogP contribution is 2.26. The van der Waals surface area contributed by atoms with Gasteiger partial charge in [-0.15, -0.1) is 0 Å². The average molecular weight is 498 g/mol. The monoisotopic (exact) mass is 497 g/mol. The van der Waals surface area contributed by atoms with E-state index in [1.165, 1.54) is 24.9 Å². The minimum atomic E-state index is -0.389. The lowest BCUT2D eigenvalue weighted by molar-refractivity contribution is 0.0951. The van der Waals surface area contributed by atoms with Crippen molar-refractivity contribution in [1.82, 2.24) is 5.32 Å². The van der Waals surface area contributed by atoms with E-state index < -0.39 is 0 Å². The molecule has 1 aliphatic heterocycles. The molecule has 0 saturated carbocycles. The second kappa shape index (κ2) is 9.66. The van der Waals surface area contributed by atoms with E-state index in [1.807, 2.05) is 36.4 Å². The maximum atomic E-state index is 12.5. The van der Waals surface area contributed by atoms with E-state index in [4.69, 9.17) is 16.6 Å². The molecule has 1 saturated heterocycles. The Balaban J connectivity index is 1.34. The molecule has 31 heavy (non-hydrogen) atoms. The third-order valence-corrected chi connectivity index (χ3v) is 6.18. The summed E-state index contributed by atoms with van der Waals surface area (Å²) in [5.41, 5.74) is 2.93. The molecule has 2 aromatic carbocycles. The first kappa shape index (κ1) is 21.6. The molecule has 7 heteroatoms. The number of rotatable bonds is 4. The summed E-state index contributed by atoms with van der Waals surface area (Å²) in [5, 5.41) is 5.96. The van der Waals surface area contributed by atoms with Crippen LogP contribution in [-0.2, 0) is 0 Å². The minimum Gasteiger partial charge on any atom is -0.451 e. The van der Waals surface area contributed by atoms with Crippen LogP contribution in [0.4, 0.5) is 11.4 Å². The Morgan fingerprint density at radius 3 is 2.52 bits per heavy atom. The lowest BCUT2D eigenvalue weighted by Gasteiger charge is -2.35. The fourth-order valence-corrected chi connectivity index (χ4v) is 4.25. The summed E-state index contributed by atoms with van der Waals surface area (Å²) in [4.78, 5) is 14.9. The summed E-state index contributed by atoms with van der Waals surface area (Å²) in [6, 6.07) is 19.8. The number of hydrogen-bond acceptors (Lipinski definition) is 4. The van der Waals surface area contributed by atoms with Gasteiger partial charge in [0.05, 0.1) is 0 Å². The molecule has 4 rings (SSSR count). The molecule has 1 aliphatic rings. The Bertz CT molecular complexity index is 1060. The van der Waals surface area contributed by atoms with E-state index >= 15 is 0 Å². The zero-order valence-corrected chi connectivity index (χ0v) is 19.6. The molecular weight excluding hydrogens is 474 g/mol. The number of carbonyl (C=O) groups excluding carboxylic acids is 1. The van der Waals surface area contributed by atoms with Crippen LogP contribution in [0.15, 0.2) is 69.6 Å². The number of anilines is 2. The second-order valence-electron chi connectivity index (χ2n) is 7.66. The zero-order chi connectivity index (χ0) is 21.8. The first-order valence-electron chi connectivity index (χ1n) is 10.3. The Kier molecular flexibility index (Phi) is 6.73. The van der Waals surface area contributed by atoms with Gasteiger partial charge in [0.1, 0.15) is 5.76 Å². The normalized spacial score (nSPS) is 16.1. The third-order valence-electron chi connectivity index (χ3n) is 5.45. The summed E-state index contributed by atoms with van der Waals surface area (Å²) in [6.07, 6.45) is 3.76. The topological polar surface area (TPSA) is 57.5 Å². The van der Waals surface area contributed by atoms with Crippen LogP contribution in [0.25, 0.3) is 11.3 Å². The quantitative estimate of drug-likeness (QED) is 0.419. The molecule has 0 aliphatic carbocycles. The van der Waals surface area contributed by atoms with Crippen molar-refractivity contribution in [3.8, 4) is 11.3 Å². The molecule has 0 radical (unpaired) electrons. The molecule has 160 valence electrons. The van der Waals surface area contributed by atoms with Crippen LogP contribution < -0.4 is 15.5 Å². The van der Waals surface area contributed by atoms with Gasteiger partial charge in [-0.25, -0.2) is 0 Å². The lowest BCUT2D eigenvalue weighted by atomic mass is 10.0. The van der Waals surface area contributed by atoms with Gasteiger partial charge in [0, 0.05) is 34.0 Å². The van der Waals surface area contributed by atoms with Crippen LogP contribution in [0.3, 0.4) is 0 Å². The highest BCUT2D eigenvalue weighted by Gasteiger charge is 2.18. The molecule has 0 bridgehead atoms. The molecule has 3 aromatic rings. The van der Waals surface area contributed by atoms with E-state index in [0.29, 0.717) is 11.8 Å². The van der Waals surface area contributed by atoms with Crippen molar-refractivity contribution >= 4 is 50.5 Å². The van der Waals surface area contributed by atoms with E-state index in [0.717, 1.165) is 22.3 Å². The van der Waals surface area contributed by atoms with Gasteiger partial charge in [0.2, 0.25) is 0 Å². The maximum absolute atomic E-state index is 12.5. The first-order chi connectivity index (χ1) is 15.0. The SMILES string of the molecule is CC1CCCCN1c1ccc(NC(=S)NC(=O)c2ccc(-c3ccc(Br)cc3)o2)cc1. The Hall–Kier alpha value is -2.64. The van der Waals surface area contributed by atoms with Crippen LogP contribution in [0, 0.1) is 0 Å². The third kappa shape index (κ3) is 5.35. The van der Waals surface area contributed by atoms with Crippen LogP contribution in [0.2, 0.25) is 0 Å². The van der Waals surface area contributed by atoms with Gasteiger partial charge in [-0.2, -0.15) is 0 Å². The number of benzene rings is 2. The van der Waals surface area contributed by atoms with Gasteiger partial charge >= 0.3 is 0 Å². The second-order valence-corrected chi connectivity index (χ2v) is 8.99. The van der Waals surface area contributed by atoms with Crippen molar-refractivity contribution < 1.29 is 9.21 Å². The van der Waals surface area contributed by atoms with Crippen LogP contribution in [0.1, 0.15) is 36.7 Å². The molecule has 2 heterocycles. The molecule has 5 nitrogen and oxygen atoms in total. The van der Waals surface area contributed by atoms with E-state index in [9.17, 15) is 4.79 Å². The van der Waals surface area contributed by atoms with Gasteiger partial charge in [-0.05, 0) is 86.9 Å². The maximum Gasteiger partial charge on any atom is 0.293 e. The molecule has 1 atom stereocenters. The fourth-order valence-electron chi connectivity index (χ4n) is 3.77. The summed E-state index contributed by atoms with van der Waals surface area (Å²) in [7, 11) is 0. The lowest BCUT2D eigenvalue weighted by Crippen LogP contribution is -2.37. The average Bonchev–Trinajstić information content (AvgIpc) is 3.26. The minimum absolute atomic E-state index is 0.205. The summed E-state index contributed by atoms with van der Waals surface area (Å²) in [6.45, 7) is 3.36. The van der Waals surface area contributed by atoms with Crippen molar-refractivity contribution in [3.05, 3.63) is 70.9 Å². The van der Waals surface area contributed by atoms with Crippen molar-refractivity contribution in [2.24, 2.45) is 0 Å². The van der Waals surface area contributed by atoms with Crippen molar-refractivity contribution in [3.63, 3.8) is 0 Å². The number of nitrogens with zero attached hydrogens (tertiary/aromatic N) is 1. The standard InChI is InChI=1S/C24H24BrN3O2S/c1-16-4-2-3-15-28(16)20-11-9-19(10-12-20)26-24(31)27-23(29)22-14-13-21(30-22)17-5-7-18(25)8-6-17/h5-14,16H,2-4,15H2,1H3,(H2,26,27,29,31). The number of hydrogen-bond donors (Lipinski definition) is 2. The highest BCUT2D eigenvalue weighted by atomic mass is 79.9. The molecule has 0 spiro atoms. The number of halogens is 1. The van der Waals surface area contributed by atoms with E-state index in [-0.39, 0.29) is 16.8 Å². The van der Waals surface area contributed by atoms with Gasteiger partial charge < -0.3 is 14.6 Å². The van der Waals surface area contributed by atoms with Gasteiger partial charge in [-0.1, -0.05) is 28.1 Å². The molecule has 2 N–H and O–H groups in total. The largest absolute Gasteiger partial charge is 0.451 e. The van der Waals surface area contributed by atoms with Gasteiger partial charge in [0.25, 0.3) is 5.91 Å². The summed E-state index contributed by atoms with van der Waals surface area (Å²) in [5.74, 6) is 0.440.